The highest BCUT2D eigenvalue weighted by Crippen LogP contribution is 2.13. The standard InChI is InChI=1S/C7H7ClN2OS/c1-2-5-4(7(11)12)3-6(8)10-9-5/h3H,2H2,1H3,(H,11,12). The van der Waals surface area contributed by atoms with Gasteiger partial charge in [0.15, 0.2) is 5.15 Å². The third kappa shape index (κ3) is 1.95. The average molecular weight is 203 g/mol. The van der Waals surface area contributed by atoms with Gasteiger partial charge >= 0.3 is 0 Å². The fourth-order valence-electron chi connectivity index (χ4n) is 0.840. The molecule has 0 spiro atoms. The summed E-state index contributed by atoms with van der Waals surface area (Å²) in [6, 6.07) is 1.47. The highest BCUT2D eigenvalue weighted by atomic mass is 35.5. The van der Waals surface area contributed by atoms with Crippen LogP contribution in [0.5, 0.6) is 0 Å². The normalized spacial score (nSPS) is 9.92. The Bertz CT molecular complexity index is 316. The van der Waals surface area contributed by atoms with E-state index in [2.05, 4.69) is 22.8 Å². The Balaban J connectivity index is 3.21. The van der Waals surface area contributed by atoms with Gasteiger partial charge in [-0.05, 0) is 12.5 Å². The van der Waals surface area contributed by atoms with Gasteiger partial charge in [-0.1, -0.05) is 18.5 Å². The molecule has 0 aliphatic rings. The molecule has 0 atom stereocenters. The van der Waals surface area contributed by atoms with Gasteiger partial charge in [0.25, 0.3) is 0 Å². The van der Waals surface area contributed by atoms with Gasteiger partial charge in [-0.3, -0.25) is 4.79 Å². The molecule has 5 heteroatoms. The van der Waals surface area contributed by atoms with E-state index in [1.54, 1.807) is 0 Å². The van der Waals surface area contributed by atoms with E-state index in [-0.39, 0.29) is 10.3 Å². The zero-order valence-corrected chi connectivity index (χ0v) is 8.06. The van der Waals surface area contributed by atoms with Crippen molar-refractivity contribution in [2.24, 2.45) is 0 Å². The van der Waals surface area contributed by atoms with Crippen LogP contribution in [0.15, 0.2) is 6.07 Å². The van der Waals surface area contributed by atoms with Crippen molar-refractivity contribution in [2.45, 2.75) is 13.3 Å². The highest BCUT2D eigenvalue weighted by molar-refractivity contribution is 7.97. The SMILES string of the molecule is CCc1nnc(Cl)cc1C(=O)S. The Labute approximate surface area is 80.6 Å². The quantitative estimate of drug-likeness (QED) is 0.744. The van der Waals surface area contributed by atoms with Crippen LogP contribution in [0.25, 0.3) is 0 Å². The summed E-state index contributed by atoms with van der Waals surface area (Å²) in [5.41, 5.74) is 1.06. The summed E-state index contributed by atoms with van der Waals surface area (Å²) in [5.74, 6) is 0. The van der Waals surface area contributed by atoms with Crippen molar-refractivity contribution >= 4 is 29.3 Å². The van der Waals surface area contributed by atoms with Gasteiger partial charge in [0, 0.05) is 0 Å². The van der Waals surface area contributed by atoms with Crippen molar-refractivity contribution in [3.8, 4) is 0 Å². The van der Waals surface area contributed by atoms with E-state index in [9.17, 15) is 4.79 Å². The molecular formula is C7H7ClN2OS. The third-order valence-electron chi connectivity index (χ3n) is 1.41. The van der Waals surface area contributed by atoms with Gasteiger partial charge < -0.3 is 0 Å². The lowest BCUT2D eigenvalue weighted by atomic mass is 10.2. The van der Waals surface area contributed by atoms with Gasteiger partial charge in [-0.2, -0.15) is 5.10 Å². The Morgan fingerprint density at radius 2 is 2.33 bits per heavy atom. The summed E-state index contributed by atoms with van der Waals surface area (Å²) < 4.78 is 0. The summed E-state index contributed by atoms with van der Waals surface area (Å²) in [6.45, 7) is 1.89. The molecular weight excluding hydrogens is 196 g/mol. The molecule has 0 aromatic carbocycles. The maximum absolute atomic E-state index is 10.9. The molecule has 0 fully saturated rings. The lowest BCUT2D eigenvalue weighted by molar-refractivity contribution is 0.109. The van der Waals surface area contributed by atoms with Gasteiger partial charge in [0.2, 0.25) is 5.12 Å². The van der Waals surface area contributed by atoms with E-state index >= 15 is 0 Å². The van der Waals surface area contributed by atoms with Crippen LogP contribution in [0.1, 0.15) is 23.0 Å². The van der Waals surface area contributed by atoms with Gasteiger partial charge in [0.1, 0.15) is 0 Å². The van der Waals surface area contributed by atoms with Crippen LogP contribution < -0.4 is 0 Å². The Hall–Kier alpha value is -0.610. The van der Waals surface area contributed by atoms with Crippen LogP contribution in [0.3, 0.4) is 0 Å². The fraction of sp³-hybridized carbons (Fsp3) is 0.286. The van der Waals surface area contributed by atoms with Crippen LogP contribution in [0.4, 0.5) is 0 Å². The van der Waals surface area contributed by atoms with E-state index in [4.69, 9.17) is 11.6 Å². The van der Waals surface area contributed by atoms with Crippen LogP contribution in [-0.4, -0.2) is 15.3 Å². The molecule has 0 amide bonds. The Kier molecular flexibility index (Phi) is 3.05. The molecule has 0 bridgehead atoms. The third-order valence-corrected chi connectivity index (χ3v) is 1.83. The minimum atomic E-state index is -0.330. The lowest BCUT2D eigenvalue weighted by Gasteiger charge is -2.00. The van der Waals surface area contributed by atoms with E-state index in [1.165, 1.54) is 6.07 Å². The number of carbonyl (C=O) groups is 1. The summed E-state index contributed by atoms with van der Waals surface area (Å²) in [4.78, 5) is 10.9. The molecule has 0 saturated heterocycles. The largest absolute Gasteiger partial charge is 0.282 e. The van der Waals surface area contributed by atoms with Crippen molar-refractivity contribution < 1.29 is 4.79 Å². The van der Waals surface area contributed by atoms with Gasteiger partial charge in [-0.15, -0.1) is 17.7 Å². The summed E-state index contributed by atoms with van der Waals surface area (Å²) in [7, 11) is 0. The molecule has 12 heavy (non-hydrogen) atoms. The topological polar surface area (TPSA) is 42.9 Å². The predicted molar refractivity (Wildman–Crippen MR) is 49.7 cm³/mol. The molecule has 0 radical (unpaired) electrons. The minimum absolute atomic E-state index is 0.213. The predicted octanol–water partition coefficient (Wildman–Crippen LogP) is 1.76. The van der Waals surface area contributed by atoms with Crippen molar-refractivity contribution in [1.29, 1.82) is 0 Å². The number of carbonyl (C=O) groups excluding carboxylic acids is 1. The Morgan fingerprint density at radius 3 is 2.83 bits per heavy atom. The molecule has 1 aromatic heterocycles. The number of thiol groups is 1. The smallest absolute Gasteiger partial charge is 0.218 e. The highest BCUT2D eigenvalue weighted by Gasteiger charge is 2.09. The molecule has 0 unspecified atom stereocenters. The minimum Gasteiger partial charge on any atom is -0.282 e. The molecule has 0 aliphatic carbocycles. The summed E-state index contributed by atoms with van der Waals surface area (Å²) >= 11 is 9.25. The maximum atomic E-state index is 10.9. The first kappa shape index (κ1) is 9.48. The van der Waals surface area contributed by atoms with Crippen LogP contribution in [-0.2, 0) is 6.42 Å². The number of aromatic nitrogens is 2. The zero-order chi connectivity index (χ0) is 9.14. The number of halogens is 1. The number of aryl methyl sites for hydroxylation is 1. The van der Waals surface area contributed by atoms with Gasteiger partial charge in [-0.25, -0.2) is 0 Å². The summed E-state index contributed by atoms with van der Waals surface area (Å²) in [6.07, 6.45) is 0.645. The first-order chi connectivity index (χ1) is 5.65. The van der Waals surface area contributed by atoms with Crippen molar-refractivity contribution in [3.63, 3.8) is 0 Å². The molecule has 0 saturated carbocycles. The average Bonchev–Trinajstić information content (AvgIpc) is 2.04. The lowest BCUT2D eigenvalue weighted by Crippen LogP contribution is -2.01. The molecule has 1 rings (SSSR count). The zero-order valence-electron chi connectivity index (χ0n) is 6.41. The number of nitrogens with zero attached hydrogens (tertiary/aromatic N) is 2. The first-order valence-corrected chi connectivity index (χ1v) is 4.23. The van der Waals surface area contributed by atoms with E-state index in [0.717, 1.165) is 0 Å². The van der Waals surface area contributed by atoms with Crippen molar-refractivity contribution in [1.82, 2.24) is 10.2 Å². The van der Waals surface area contributed by atoms with Crippen LogP contribution in [0.2, 0.25) is 5.15 Å². The monoisotopic (exact) mass is 202 g/mol. The maximum Gasteiger partial charge on any atom is 0.218 e. The van der Waals surface area contributed by atoms with E-state index in [1.807, 2.05) is 6.92 Å². The van der Waals surface area contributed by atoms with Crippen LogP contribution >= 0.6 is 24.2 Å². The second-order valence-corrected chi connectivity index (χ2v) is 2.98. The second kappa shape index (κ2) is 3.87. The molecule has 1 heterocycles. The fourth-order valence-corrected chi connectivity index (χ4v) is 1.18. The summed E-state index contributed by atoms with van der Waals surface area (Å²) in [5, 5.41) is 7.27. The van der Waals surface area contributed by atoms with Gasteiger partial charge in [0.05, 0.1) is 11.3 Å². The van der Waals surface area contributed by atoms with Crippen LogP contribution in [0, 0.1) is 0 Å². The molecule has 0 aliphatic heterocycles. The van der Waals surface area contributed by atoms with Crippen molar-refractivity contribution in [2.75, 3.05) is 0 Å². The van der Waals surface area contributed by atoms with E-state index in [0.29, 0.717) is 17.7 Å². The molecule has 3 nitrogen and oxygen atoms in total. The van der Waals surface area contributed by atoms with E-state index < -0.39 is 0 Å². The number of rotatable bonds is 2. The number of hydrogen-bond acceptors (Lipinski definition) is 3. The number of hydrogen-bond donors (Lipinski definition) is 1. The first-order valence-electron chi connectivity index (χ1n) is 3.40. The molecule has 1 aromatic rings. The molecule has 0 N–H and O–H groups in total. The Morgan fingerprint density at radius 1 is 1.67 bits per heavy atom. The molecule has 64 valence electrons. The van der Waals surface area contributed by atoms with Crippen molar-refractivity contribution in [3.05, 3.63) is 22.5 Å². The second-order valence-electron chi connectivity index (χ2n) is 2.19.